The summed E-state index contributed by atoms with van der Waals surface area (Å²) in [5, 5.41) is 10.5. The number of aryl methyl sites for hydroxylation is 2. The van der Waals surface area contributed by atoms with Crippen LogP contribution in [0.25, 0.3) is 98.4 Å². The summed E-state index contributed by atoms with van der Waals surface area (Å²) in [4.78, 5) is 2.52. The molecule has 9 aromatic carbocycles. The molecule has 0 amide bonds. The van der Waals surface area contributed by atoms with Crippen molar-refractivity contribution in [3.8, 4) is 22.3 Å². The van der Waals surface area contributed by atoms with Gasteiger partial charge in [-0.1, -0.05) is 159 Å². The molecule has 0 bridgehead atoms. The van der Waals surface area contributed by atoms with Crippen LogP contribution in [-0.4, -0.2) is 8.80 Å². The maximum absolute atomic E-state index is 2.61. The van der Waals surface area contributed by atoms with Gasteiger partial charge in [-0.05, 0) is 153 Å². The molecule has 4 aromatic heterocycles. The van der Waals surface area contributed by atoms with Gasteiger partial charge >= 0.3 is 0 Å². The number of benzene rings is 9. The zero-order chi connectivity index (χ0) is 49.0. The van der Waals surface area contributed by atoms with Crippen molar-refractivity contribution in [2.75, 3.05) is 4.90 Å². The minimum Gasteiger partial charge on any atom is -0.310 e. The van der Waals surface area contributed by atoms with Crippen LogP contribution in [0, 0.1) is 13.8 Å². The van der Waals surface area contributed by atoms with Crippen molar-refractivity contribution < 1.29 is 0 Å². The van der Waals surface area contributed by atoms with E-state index in [1.54, 1.807) is 0 Å². The molecule has 0 radical (unpaired) electrons. The first kappa shape index (κ1) is 43.4. The molecule has 3 nitrogen and oxygen atoms in total. The standard InChI is InChI=1S/C68H61N3/c1-40-22-24-44(42-18-14-12-15-19-42)30-59(40)69(60-31-45(25-23-41(60)2)43-20-16-13-17-21-43)49-27-28-50-54-33-47(67(6,7)8)35-56-53-38-62-52(39-63(53)71(64(54)56)61(50)37-49)57-36-48(68(9,10)11)34-55-51-32-46(66(3,4)5)26-29-58(51)70(62)65(55)57/h12-39H,1-11H3. The van der Waals surface area contributed by atoms with Crippen LogP contribution in [0.2, 0.25) is 0 Å². The van der Waals surface area contributed by atoms with Crippen LogP contribution < -0.4 is 4.90 Å². The van der Waals surface area contributed by atoms with Gasteiger partial charge in [0.1, 0.15) is 0 Å². The van der Waals surface area contributed by atoms with Crippen molar-refractivity contribution in [3.63, 3.8) is 0 Å². The Kier molecular flexibility index (Phi) is 9.14. The molecule has 4 heterocycles. The van der Waals surface area contributed by atoms with Gasteiger partial charge in [0.25, 0.3) is 0 Å². The Balaban J connectivity index is 1.14. The van der Waals surface area contributed by atoms with Crippen LogP contribution in [0.3, 0.4) is 0 Å². The second-order valence-corrected chi connectivity index (χ2v) is 23.7. The van der Waals surface area contributed by atoms with Gasteiger partial charge in [-0.25, -0.2) is 0 Å². The maximum atomic E-state index is 2.61. The smallest absolute Gasteiger partial charge is 0.0620 e. The molecular weight excluding hydrogens is 859 g/mol. The van der Waals surface area contributed by atoms with E-state index in [0.717, 1.165) is 17.1 Å². The molecule has 0 aliphatic rings. The summed E-state index contributed by atoms with van der Waals surface area (Å²) in [6.45, 7) is 25.6. The van der Waals surface area contributed by atoms with E-state index in [2.05, 4.69) is 260 Å². The van der Waals surface area contributed by atoms with E-state index in [9.17, 15) is 0 Å². The minimum atomic E-state index is -0.0505. The predicted molar refractivity (Wildman–Crippen MR) is 307 cm³/mol. The first-order valence-electron chi connectivity index (χ1n) is 25.5. The number of anilines is 3. The molecule has 0 unspecified atom stereocenters. The molecule has 13 aromatic rings. The number of aromatic nitrogens is 2. The molecule has 0 saturated carbocycles. The lowest BCUT2D eigenvalue weighted by Gasteiger charge is -2.30. The van der Waals surface area contributed by atoms with Crippen molar-refractivity contribution in [1.29, 1.82) is 0 Å². The van der Waals surface area contributed by atoms with Crippen LogP contribution in [0.4, 0.5) is 17.1 Å². The van der Waals surface area contributed by atoms with E-state index in [4.69, 9.17) is 0 Å². The molecule has 0 atom stereocenters. The number of hydrogen-bond acceptors (Lipinski definition) is 1. The summed E-state index contributed by atoms with van der Waals surface area (Å²) >= 11 is 0. The summed E-state index contributed by atoms with van der Waals surface area (Å²) in [5.74, 6) is 0. The highest BCUT2D eigenvalue weighted by Gasteiger charge is 2.28. The molecule has 13 rings (SSSR count). The fourth-order valence-electron chi connectivity index (χ4n) is 11.8. The average Bonchev–Trinajstić information content (AvgIpc) is 4.07. The molecule has 0 aliphatic carbocycles. The Bertz CT molecular complexity index is 4190. The number of hydrogen-bond donors (Lipinski definition) is 0. The van der Waals surface area contributed by atoms with Gasteiger partial charge in [0, 0.05) is 60.2 Å². The highest BCUT2D eigenvalue weighted by molar-refractivity contribution is 6.29. The lowest BCUT2D eigenvalue weighted by molar-refractivity contribution is 0.590. The largest absolute Gasteiger partial charge is 0.310 e. The zero-order valence-corrected chi connectivity index (χ0v) is 43.0. The van der Waals surface area contributed by atoms with E-state index in [1.807, 2.05) is 0 Å². The van der Waals surface area contributed by atoms with Gasteiger partial charge in [-0.15, -0.1) is 0 Å². The summed E-state index contributed by atoms with van der Waals surface area (Å²) in [6.07, 6.45) is 0. The second-order valence-electron chi connectivity index (χ2n) is 23.7. The van der Waals surface area contributed by atoms with Crippen LogP contribution in [0.15, 0.2) is 170 Å². The van der Waals surface area contributed by atoms with E-state index in [0.29, 0.717) is 0 Å². The van der Waals surface area contributed by atoms with Gasteiger partial charge in [-0.2, -0.15) is 0 Å². The molecule has 0 fully saturated rings. The maximum Gasteiger partial charge on any atom is 0.0620 e. The first-order chi connectivity index (χ1) is 33.9. The summed E-state index contributed by atoms with van der Waals surface area (Å²) in [7, 11) is 0. The topological polar surface area (TPSA) is 12.1 Å². The molecule has 0 N–H and O–H groups in total. The quantitative estimate of drug-likeness (QED) is 0.168. The third kappa shape index (κ3) is 6.55. The number of nitrogens with zero attached hydrogens (tertiary/aromatic N) is 3. The Labute approximate surface area is 417 Å². The SMILES string of the molecule is Cc1ccc(-c2ccccc2)cc1N(c1ccc2c3cc(C(C)(C)C)cc4c5cc6c(cc5n(c2c1)c34)c1cc(C(C)(C)C)cc2c3cc(C(C)(C)C)ccc3n6c21)c1cc(-c2ccccc2)ccc1C. The third-order valence-corrected chi connectivity index (χ3v) is 15.9. The molecule has 71 heavy (non-hydrogen) atoms. The van der Waals surface area contributed by atoms with Crippen LogP contribution in [0.1, 0.15) is 90.1 Å². The Morgan fingerprint density at radius 1 is 0.310 bits per heavy atom. The lowest BCUT2D eigenvalue weighted by Crippen LogP contribution is -2.13. The zero-order valence-electron chi connectivity index (χ0n) is 43.0. The van der Waals surface area contributed by atoms with Crippen molar-refractivity contribution in [1.82, 2.24) is 8.80 Å². The molecular formula is C68H61N3. The van der Waals surface area contributed by atoms with E-state index < -0.39 is 0 Å². The van der Waals surface area contributed by atoms with Crippen LogP contribution in [0.5, 0.6) is 0 Å². The third-order valence-electron chi connectivity index (χ3n) is 15.9. The van der Waals surface area contributed by atoms with Gasteiger partial charge < -0.3 is 13.7 Å². The molecule has 0 spiro atoms. The minimum absolute atomic E-state index is 0.0250. The average molecular weight is 920 g/mol. The monoisotopic (exact) mass is 919 g/mol. The van der Waals surface area contributed by atoms with Gasteiger partial charge in [0.2, 0.25) is 0 Å². The summed E-state index contributed by atoms with van der Waals surface area (Å²) < 4.78 is 5.19. The van der Waals surface area contributed by atoms with Crippen molar-refractivity contribution in [2.45, 2.75) is 92.4 Å². The van der Waals surface area contributed by atoms with Gasteiger partial charge in [0.15, 0.2) is 0 Å². The fourth-order valence-corrected chi connectivity index (χ4v) is 11.8. The highest BCUT2D eigenvalue weighted by atomic mass is 15.1. The Morgan fingerprint density at radius 2 is 0.718 bits per heavy atom. The summed E-state index contributed by atoms with van der Waals surface area (Å²) in [6, 6.07) is 64.9. The molecule has 0 aliphatic heterocycles. The van der Waals surface area contributed by atoms with Crippen LogP contribution >= 0.6 is 0 Å². The number of fused-ring (bicyclic) bond motifs is 12. The first-order valence-corrected chi connectivity index (χ1v) is 25.5. The molecule has 348 valence electrons. The normalized spacial score (nSPS) is 13.0. The fraction of sp³-hybridized carbons (Fsp3) is 0.206. The molecule has 0 saturated heterocycles. The van der Waals surface area contributed by atoms with Crippen molar-refractivity contribution in [3.05, 3.63) is 198 Å². The van der Waals surface area contributed by atoms with E-state index >= 15 is 0 Å². The lowest BCUT2D eigenvalue weighted by atomic mass is 9.84. The predicted octanol–water partition coefficient (Wildman–Crippen LogP) is 19.3. The summed E-state index contributed by atoms with van der Waals surface area (Å²) in [5.41, 5.74) is 22.4. The van der Waals surface area contributed by atoms with Crippen molar-refractivity contribution in [2.24, 2.45) is 0 Å². The van der Waals surface area contributed by atoms with Crippen LogP contribution in [-0.2, 0) is 16.2 Å². The second kappa shape index (κ2) is 15.0. The van der Waals surface area contributed by atoms with Gasteiger partial charge in [-0.3, -0.25) is 0 Å². The number of rotatable bonds is 5. The van der Waals surface area contributed by atoms with E-state index in [1.165, 1.54) is 126 Å². The Morgan fingerprint density at radius 3 is 1.18 bits per heavy atom. The van der Waals surface area contributed by atoms with E-state index in [-0.39, 0.29) is 16.2 Å². The Hall–Kier alpha value is -7.62. The van der Waals surface area contributed by atoms with Gasteiger partial charge in [0.05, 0.1) is 33.1 Å². The van der Waals surface area contributed by atoms with Crippen molar-refractivity contribution >= 4 is 93.3 Å². The molecule has 3 heteroatoms. The highest BCUT2D eigenvalue weighted by Crippen LogP contribution is 2.49.